The second-order valence-electron chi connectivity index (χ2n) is 3.99. The predicted octanol–water partition coefficient (Wildman–Crippen LogP) is 4.01. The largest absolute Gasteiger partial charge is 0.367 e. The van der Waals surface area contributed by atoms with Gasteiger partial charge in [-0.25, -0.2) is 0 Å². The summed E-state index contributed by atoms with van der Waals surface area (Å²) in [5.41, 5.74) is 0. The van der Waals surface area contributed by atoms with Crippen molar-refractivity contribution in [2.45, 2.75) is 46.3 Å². The van der Waals surface area contributed by atoms with Crippen molar-refractivity contribution in [3.05, 3.63) is 10.7 Å². The van der Waals surface area contributed by atoms with E-state index in [1.54, 1.807) is 11.8 Å². The van der Waals surface area contributed by atoms with Crippen LogP contribution in [0.1, 0.15) is 34.1 Å². The zero-order chi connectivity index (χ0) is 11.5. The molecule has 15 heavy (non-hydrogen) atoms. The van der Waals surface area contributed by atoms with Gasteiger partial charge in [0.2, 0.25) is 0 Å². The predicted molar refractivity (Wildman–Crippen MR) is 65.2 cm³/mol. The highest BCUT2D eigenvalue weighted by atomic mass is 32.2. The summed E-state index contributed by atoms with van der Waals surface area (Å²) < 4.78 is 24.2. The molecule has 88 valence electrons. The number of thioether (sulfide) groups is 1. The minimum absolute atomic E-state index is 0.0864. The second-order valence-corrected chi connectivity index (χ2v) is 7.32. The number of hydrogen-bond acceptors (Lipinski definition) is 4. The summed E-state index contributed by atoms with van der Waals surface area (Å²) in [4.78, 5) is 0. The van der Waals surface area contributed by atoms with Crippen molar-refractivity contribution in [3.8, 4) is 0 Å². The Bertz CT molecular complexity index is 272. The topological polar surface area (TPSA) is 35.5 Å². The number of allylic oxidation sites excluding steroid dienone is 1. The van der Waals surface area contributed by atoms with Gasteiger partial charge in [-0.1, -0.05) is 6.08 Å². The molecule has 1 aliphatic heterocycles. The van der Waals surface area contributed by atoms with Crippen molar-refractivity contribution in [2.24, 2.45) is 0 Å². The molecular weight excluding hydrogens is 231 g/mol. The molecule has 0 unspecified atom stereocenters. The first kappa shape index (κ1) is 13.3. The van der Waals surface area contributed by atoms with Crippen molar-refractivity contribution in [1.29, 1.82) is 0 Å². The zero-order valence-electron chi connectivity index (χ0n) is 9.73. The number of rotatable bonds is 5. The summed E-state index contributed by atoms with van der Waals surface area (Å²) in [5, 5.41) is 0. The summed E-state index contributed by atoms with van der Waals surface area (Å²) in [6.07, 6.45) is 2.75. The molecule has 5 heteroatoms. The molecule has 0 aromatic rings. The quantitative estimate of drug-likeness (QED) is 0.691. The van der Waals surface area contributed by atoms with E-state index in [-0.39, 0.29) is 12.2 Å². The van der Waals surface area contributed by atoms with Crippen LogP contribution in [0.15, 0.2) is 10.7 Å². The van der Waals surface area contributed by atoms with E-state index in [4.69, 9.17) is 9.05 Å². The molecule has 0 spiro atoms. The molecule has 0 bridgehead atoms. The lowest BCUT2D eigenvalue weighted by Crippen LogP contribution is -2.08. The van der Waals surface area contributed by atoms with Crippen molar-refractivity contribution >= 4 is 19.4 Å². The standard InChI is InChI=1S/C10H19O3PS/c1-8(2)12-14(11,13-9(3)4)10-6-5-7-15-10/h6,8-9H,5,7H2,1-4H3. The van der Waals surface area contributed by atoms with Crippen LogP contribution in [0.25, 0.3) is 0 Å². The van der Waals surface area contributed by atoms with E-state index in [1.807, 2.05) is 33.8 Å². The van der Waals surface area contributed by atoms with Crippen molar-refractivity contribution in [2.75, 3.05) is 5.75 Å². The summed E-state index contributed by atoms with van der Waals surface area (Å²) in [6.45, 7) is 7.49. The first-order valence-corrected chi connectivity index (χ1v) is 7.77. The number of hydrogen-bond donors (Lipinski definition) is 0. The smallest absolute Gasteiger partial charge is 0.302 e. The van der Waals surface area contributed by atoms with Gasteiger partial charge in [0.05, 0.1) is 16.9 Å². The highest BCUT2D eigenvalue weighted by Gasteiger charge is 2.34. The van der Waals surface area contributed by atoms with Gasteiger partial charge < -0.3 is 9.05 Å². The summed E-state index contributed by atoms with van der Waals surface area (Å²) in [7, 11) is -3.06. The molecule has 0 atom stereocenters. The normalized spacial score (nSPS) is 17.6. The van der Waals surface area contributed by atoms with Crippen LogP contribution in [0.3, 0.4) is 0 Å². The lowest BCUT2D eigenvalue weighted by Gasteiger charge is -2.23. The fourth-order valence-electron chi connectivity index (χ4n) is 1.28. The average molecular weight is 250 g/mol. The second kappa shape index (κ2) is 5.53. The maximum Gasteiger partial charge on any atom is 0.367 e. The molecule has 0 aromatic carbocycles. The maximum absolute atomic E-state index is 12.5. The van der Waals surface area contributed by atoms with Gasteiger partial charge >= 0.3 is 7.60 Å². The van der Waals surface area contributed by atoms with Gasteiger partial charge in [-0.15, -0.1) is 11.8 Å². The maximum atomic E-state index is 12.5. The Morgan fingerprint density at radius 3 is 2.13 bits per heavy atom. The minimum Gasteiger partial charge on any atom is -0.302 e. The molecule has 0 amide bonds. The van der Waals surface area contributed by atoms with E-state index < -0.39 is 7.60 Å². The monoisotopic (exact) mass is 250 g/mol. The van der Waals surface area contributed by atoms with Crippen molar-refractivity contribution in [1.82, 2.24) is 0 Å². The molecule has 0 fully saturated rings. The van der Waals surface area contributed by atoms with Gasteiger partial charge in [-0.2, -0.15) is 0 Å². The Kier molecular flexibility index (Phi) is 4.91. The Morgan fingerprint density at radius 2 is 1.80 bits per heavy atom. The SMILES string of the molecule is CC(C)OP(=O)(OC(C)C)C1=CCCS1. The molecule has 0 saturated carbocycles. The van der Waals surface area contributed by atoms with Crippen LogP contribution in [0.2, 0.25) is 0 Å². The molecule has 0 radical (unpaired) electrons. The van der Waals surface area contributed by atoms with Crippen molar-refractivity contribution in [3.63, 3.8) is 0 Å². The Morgan fingerprint density at radius 1 is 1.27 bits per heavy atom. The fraction of sp³-hybridized carbons (Fsp3) is 0.800. The molecule has 1 heterocycles. The van der Waals surface area contributed by atoms with Crippen LogP contribution in [-0.2, 0) is 13.6 Å². The summed E-state index contributed by atoms with van der Waals surface area (Å²) in [6, 6.07) is 0. The van der Waals surface area contributed by atoms with E-state index >= 15 is 0 Å². The Balaban J connectivity index is 2.80. The Labute approximate surface area is 96.1 Å². The van der Waals surface area contributed by atoms with Gasteiger partial charge in [-0.05, 0) is 34.1 Å². The first-order valence-electron chi connectivity index (χ1n) is 5.24. The summed E-state index contributed by atoms with van der Waals surface area (Å²) >= 11 is 1.58. The molecule has 1 aliphatic rings. The summed E-state index contributed by atoms with van der Waals surface area (Å²) in [5.74, 6) is 0.974. The molecular formula is C10H19O3PS. The third kappa shape index (κ3) is 3.95. The average Bonchev–Trinajstić information content (AvgIpc) is 2.51. The lowest BCUT2D eigenvalue weighted by molar-refractivity contribution is 0.148. The van der Waals surface area contributed by atoms with Crippen LogP contribution in [0.5, 0.6) is 0 Å². The van der Waals surface area contributed by atoms with Crippen LogP contribution in [0, 0.1) is 0 Å². The fourth-order valence-corrected chi connectivity index (χ4v) is 4.84. The van der Waals surface area contributed by atoms with E-state index in [1.165, 1.54) is 0 Å². The van der Waals surface area contributed by atoms with Crippen LogP contribution < -0.4 is 0 Å². The molecule has 0 N–H and O–H groups in total. The lowest BCUT2D eigenvalue weighted by atomic mass is 10.5. The third-order valence-corrected chi connectivity index (χ3v) is 5.74. The van der Waals surface area contributed by atoms with E-state index in [0.717, 1.165) is 16.8 Å². The first-order chi connectivity index (χ1) is 6.94. The molecule has 0 saturated heterocycles. The van der Waals surface area contributed by atoms with Crippen molar-refractivity contribution < 1.29 is 13.6 Å². The van der Waals surface area contributed by atoms with Crippen LogP contribution >= 0.6 is 19.4 Å². The van der Waals surface area contributed by atoms with Crippen LogP contribution in [-0.4, -0.2) is 18.0 Å². The molecule has 1 rings (SSSR count). The Hall–Kier alpha value is 0.240. The van der Waals surface area contributed by atoms with Gasteiger partial charge in [-0.3, -0.25) is 4.57 Å². The highest BCUT2D eigenvalue weighted by molar-refractivity contribution is 8.10. The van der Waals surface area contributed by atoms with E-state index in [9.17, 15) is 4.57 Å². The molecule has 0 aliphatic carbocycles. The van der Waals surface area contributed by atoms with Gasteiger partial charge in [0.1, 0.15) is 0 Å². The van der Waals surface area contributed by atoms with E-state index in [2.05, 4.69) is 0 Å². The molecule has 0 aromatic heterocycles. The minimum atomic E-state index is -3.06. The zero-order valence-corrected chi connectivity index (χ0v) is 11.4. The van der Waals surface area contributed by atoms with Gasteiger partial charge in [0.25, 0.3) is 0 Å². The highest BCUT2D eigenvalue weighted by Crippen LogP contribution is 2.63. The third-order valence-electron chi connectivity index (χ3n) is 1.66. The van der Waals surface area contributed by atoms with E-state index in [0.29, 0.717) is 0 Å². The molecule has 3 nitrogen and oxygen atoms in total. The van der Waals surface area contributed by atoms with Gasteiger partial charge in [0, 0.05) is 5.75 Å². The van der Waals surface area contributed by atoms with Gasteiger partial charge in [0.15, 0.2) is 0 Å². The van der Waals surface area contributed by atoms with Crippen LogP contribution in [0.4, 0.5) is 0 Å².